The molecule has 0 aromatic heterocycles. The molecule has 0 heterocycles. The van der Waals surface area contributed by atoms with Crippen LogP contribution < -0.4 is 0 Å². The molecule has 0 fully saturated rings. The molecule has 27 heavy (non-hydrogen) atoms. The number of ether oxygens (including phenoxy) is 1. The van der Waals surface area contributed by atoms with Gasteiger partial charge in [0.1, 0.15) is 0 Å². The smallest absolute Gasteiger partial charge is 0.0629 e. The minimum atomic E-state index is -0.900. The largest absolute Gasteiger partial charge is 0.396 e. The average molecular weight is 387 g/mol. The summed E-state index contributed by atoms with van der Waals surface area (Å²) in [4.78, 5) is 0. The summed E-state index contributed by atoms with van der Waals surface area (Å²) in [7, 11) is 0. The summed E-state index contributed by atoms with van der Waals surface area (Å²) in [5.74, 6) is 0. The van der Waals surface area contributed by atoms with Crippen molar-refractivity contribution in [2.24, 2.45) is 5.41 Å². The summed E-state index contributed by atoms with van der Waals surface area (Å²) in [5, 5.41) is 27.6. The van der Waals surface area contributed by atoms with E-state index >= 15 is 0 Å². The molecular weight excluding hydrogens is 340 g/mol. The molecule has 3 N–H and O–H groups in total. The van der Waals surface area contributed by atoms with E-state index < -0.39 is 5.41 Å². The number of hydrogen-bond donors (Lipinski definition) is 3. The zero-order valence-electron chi connectivity index (χ0n) is 17.8. The second kappa shape index (κ2) is 20.3. The first-order valence-corrected chi connectivity index (χ1v) is 11.3. The summed E-state index contributed by atoms with van der Waals surface area (Å²) in [6.45, 7) is 2.33. The highest BCUT2D eigenvalue weighted by molar-refractivity contribution is 4.81. The van der Waals surface area contributed by atoms with Crippen molar-refractivity contribution >= 4 is 0 Å². The monoisotopic (exact) mass is 386 g/mol. The maximum atomic E-state index is 9.22. The molecule has 0 aromatic carbocycles. The van der Waals surface area contributed by atoms with E-state index in [-0.39, 0.29) is 26.4 Å². The van der Waals surface area contributed by atoms with Gasteiger partial charge in [0.05, 0.1) is 31.8 Å². The van der Waals surface area contributed by atoms with Gasteiger partial charge in [0.25, 0.3) is 0 Å². The first kappa shape index (κ1) is 26.6. The molecule has 0 bridgehead atoms. The van der Waals surface area contributed by atoms with Gasteiger partial charge in [0.15, 0.2) is 0 Å². The van der Waals surface area contributed by atoms with Crippen LogP contribution >= 0.6 is 0 Å². The van der Waals surface area contributed by atoms with E-state index in [1.54, 1.807) is 0 Å². The van der Waals surface area contributed by atoms with Crippen molar-refractivity contribution in [3.8, 4) is 0 Å². The Kier molecular flexibility index (Phi) is 20.0. The van der Waals surface area contributed by atoms with Crippen LogP contribution in [-0.2, 0) is 4.74 Å². The van der Waals surface area contributed by atoms with Gasteiger partial charge in [-0.05, 0) is 32.1 Å². The Morgan fingerprint density at radius 1 is 0.630 bits per heavy atom. The molecule has 0 saturated carbocycles. The van der Waals surface area contributed by atoms with E-state index in [2.05, 4.69) is 19.1 Å². The van der Waals surface area contributed by atoms with Crippen LogP contribution in [0, 0.1) is 5.41 Å². The van der Waals surface area contributed by atoms with Gasteiger partial charge in [-0.2, -0.15) is 0 Å². The van der Waals surface area contributed by atoms with Crippen molar-refractivity contribution in [3.05, 3.63) is 12.2 Å². The van der Waals surface area contributed by atoms with E-state index in [0.29, 0.717) is 6.61 Å². The number of unbranched alkanes of at least 4 members (excludes halogenated alkanes) is 12. The van der Waals surface area contributed by atoms with Gasteiger partial charge in [-0.15, -0.1) is 0 Å². The number of aliphatic hydroxyl groups excluding tert-OH is 3. The number of allylic oxidation sites excluding steroid dienone is 2. The molecule has 0 aliphatic heterocycles. The third-order valence-electron chi connectivity index (χ3n) is 5.21. The molecule has 0 spiro atoms. The lowest BCUT2D eigenvalue weighted by Gasteiger charge is -2.26. The van der Waals surface area contributed by atoms with Crippen molar-refractivity contribution in [1.82, 2.24) is 0 Å². The second-order valence-electron chi connectivity index (χ2n) is 7.96. The Balaban J connectivity index is 3.28. The Bertz CT molecular complexity index is 305. The summed E-state index contributed by atoms with van der Waals surface area (Å²) in [5.41, 5.74) is -0.900. The van der Waals surface area contributed by atoms with Crippen LogP contribution in [-0.4, -0.2) is 48.4 Å². The molecule has 0 aromatic rings. The molecule has 162 valence electrons. The van der Waals surface area contributed by atoms with Crippen LogP contribution in [0.15, 0.2) is 12.2 Å². The Morgan fingerprint density at radius 2 is 1.07 bits per heavy atom. The van der Waals surface area contributed by atoms with Crippen LogP contribution in [0.3, 0.4) is 0 Å². The standard InChI is InChI=1S/C23H46O4/c1-2-3-4-5-6-7-8-9-10-11-12-13-14-15-16-17-18-27-22-23(19-24,20-25)21-26/h9-10,24-26H,2-8,11-22H2,1H3. The highest BCUT2D eigenvalue weighted by atomic mass is 16.5. The lowest BCUT2D eigenvalue weighted by molar-refractivity contribution is -0.0582. The SMILES string of the molecule is CCCCCCCCC=CCCCCCCCCOCC(CO)(CO)CO. The number of aliphatic hydroxyl groups is 3. The van der Waals surface area contributed by atoms with Crippen LogP contribution in [0.25, 0.3) is 0 Å². The second-order valence-corrected chi connectivity index (χ2v) is 7.96. The van der Waals surface area contributed by atoms with Crippen molar-refractivity contribution < 1.29 is 20.1 Å². The topological polar surface area (TPSA) is 69.9 Å². The van der Waals surface area contributed by atoms with E-state index in [0.717, 1.165) is 12.8 Å². The van der Waals surface area contributed by atoms with Crippen LogP contribution in [0.2, 0.25) is 0 Å². The zero-order chi connectivity index (χ0) is 20.1. The lowest BCUT2D eigenvalue weighted by Crippen LogP contribution is -2.38. The molecular formula is C23H46O4. The summed E-state index contributed by atoms with van der Waals surface area (Å²) in [6, 6.07) is 0. The van der Waals surface area contributed by atoms with E-state index in [4.69, 9.17) is 4.74 Å². The van der Waals surface area contributed by atoms with Gasteiger partial charge in [0, 0.05) is 6.61 Å². The van der Waals surface area contributed by atoms with Crippen LogP contribution in [0.5, 0.6) is 0 Å². The van der Waals surface area contributed by atoms with Gasteiger partial charge in [0.2, 0.25) is 0 Å². The highest BCUT2D eigenvalue weighted by Crippen LogP contribution is 2.15. The Morgan fingerprint density at radius 3 is 1.56 bits per heavy atom. The maximum Gasteiger partial charge on any atom is 0.0629 e. The molecule has 0 rings (SSSR count). The Labute approximate surface area is 168 Å². The first-order chi connectivity index (χ1) is 13.2. The molecule has 4 heteroatoms. The number of rotatable bonds is 21. The molecule has 0 amide bonds. The van der Waals surface area contributed by atoms with Crippen molar-refractivity contribution in [1.29, 1.82) is 0 Å². The average Bonchev–Trinajstić information content (AvgIpc) is 2.70. The fourth-order valence-corrected chi connectivity index (χ4v) is 3.03. The van der Waals surface area contributed by atoms with E-state index in [1.807, 2.05) is 0 Å². The molecule has 0 unspecified atom stereocenters. The molecule has 0 aliphatic carbocycles. The van der Waals surface area contributed by atoms with Crippen LogP contribution in [0.1, 0.15) is 96.8 Å². The summed E-state index contributed by atoms with van der Waals surface area (Å²) in [6.07, 6.45) is 22.7. The fourth-order valence-electron chi connectivity index (χ4n) is 3.03. The number of hydrogen-bond acceptors (Lipinski definition) is 4. The predicted molar refractivity (Wildman–Crippen MR) is 114 cm³/mol. The van der Waals surface area contributed by atoms with Crippen molar-refractivity contribution in [3.63, 3.8) is 0 Å². The van der Waals surface area contributed by atoms with Gasteiger partial charge in [-0.1, -0.05) is 76.9 Å². The van der Waals surface area contributed by atoms with E-state index in [9.17, 15) is 15.3 Å². The molecule has 0 aliphatic rings. The summed E-state index contributed by atoms with van der Waals surface area (Å²) < 4.78 is 5.50. The normalized spacial score (nSPS) is 12.3. The van der Waals surface area contributed by atoms with Gasteiger partial charge >= 0.3 is 0 Å². The minimum absolute atomic E-state index is 0.210. The highest BCUT2D eigenvalue weighted by Gasteiger charge is 2.28. The van der Waals surface area contributed by atoms with Crippen LogP contribution in [0.4, 0.5) is 0 Å². The third-order valence-corrected chi connectivity index (χ3v) is 5.21. The Hall–Kier alpha value is -0.420. The quantitative estimate of drug-likeness (QED) is 0.192. The minimum Gasteiger partial charge on any atom is -0.396 e. The molecule has 0 radical (unpaired) electrons. The molecule has 4 nitrogen and oxygen atoms in total. The third kappa shape index (κ3) is 16.3. The van der Waals surface area contributed by atoms with Gasteiger partial charge < -0.3 is 20.1 Å². The summed E-state index contributed by atoms with van der Waals surface area (Å²) >= 11 is 0. The lowest BCUT2D eigenvalue weighted by atomic mass is 9.93. The molecule has 0 saturated heterocycles. The van der Waals surface area contributed by atoms with Gasteiger partial charge in [-0.25, -0.2) is 0 Å². The van der Waals surface area contributed by atoms with Crippen molar-refractivity contribution in [2.75, 3.05) is 33.0 Å². The maximum absolute atomic E-state index is 9.22. The fraction of sp³-hybridized carbons (Fsp3) is 0.913. The molecule has 0 atom stereocenters. The zero-order valence-corrected chi connectivity index (χ0v) is 17.8. The van der Waals surface area contributed by atoms with E-state index in [1.165, 1.54) is 77.0 Å². The first-order valence-electron chi connectivity index (χ1n) is 11.3. The van der Waals surface area contributed by atoms with Gasteiger partial charge in [-0.3, -0.25) is 0 Å². The van der Waals surface area contributed by atoms with Crippen molar-refractivity contribution in [2.45, 2.75) is 96.8 Å². The predicted octanol–water partition coefficient (Wildman–Crippen LogP) is 5.00.